The maximum atomic E-state index is 10.9. The minimum Gasteiger partial charge on any atom is -0.480 e. The summed E-state index contributed by atoms with van der Waals surface area (Å²) >= 11 is 0. The lowest BCUT2D eigenvalue weighted by molar-refractivity contribution is -0.138. The third kappa shape index (κ3) is 4.87. The molecule has 0 saturated carbocycles. The van der Waals surface area contributed by atoms with Gasteiger partial charge in [0.25, 0.3) is 0 Å². The summed E-state index contributed by atoms with van der Waals surface area (Å²) in [6.07, 6.45) is 4.68. The number of rotatable bonds is 8. The topological polar surface area (TPSA) is 58.4 Å². The first-order chi connectivity index (χ1) is 8.52. The zero-order valence-electron chi connectivity index (χ0n) is 11.5. The summed E-state index contributed by atoms with van der Waals surface area (Å²) in [7, 11) is 0. The Morgan fingerprint density at radius 3 is 2.83 bits per heavy atom. The lowest BCUT2D eigenvalue weighted by atomic mass is 10.2. The summed E-state index contributed by atoms with van der Waals surface area (Å²) in [6, 6.07) is 0. The summed E-state index contributed by atoms with van der Waals surface area (Å²) in [5, 5.41) is 8.93. The number of aliphatic carboxylic acids is 1. The SMILES string of the molecule is CCCn1cncc1CN(CC(=O)O)CC(C)C. The fourth-order valence-electron chi connectivity index (χ4n) is 2.04. The zero-order valence-corrected chi connectivity index (χ0v) is 11.5. The van der Waals surface area contributed by atoms with Gasteiger partial charge >= 0.3 is 5.97 Å². The van der Waals surface area contributed by atoms with Crippen LogP contribution in [-0.2, 0) is 17.9 Å². The van der Waals surface area contributed by atoms with Crippen molar-refractivity contribution in [2.45, 2.75) is 40.3 Å². The van der Waals surface area contributed by atoms with Crippen molar-refractivity contribution in [2.75, 3.05) is 13.1 Å². The molecule has 0 spiro atoms. The quantitative estimate of drug-likeness (QED) is 0.768. The van der Waals surface area contributed by atoms with Gasteiger partial charge in [0.1, 0.15) is 0 Å². The number of aromatic nitrogens is 2. The highest BCUT2D eigenvalue weighted by molar-refractivity contribution is 5.69. The van der Waals surface area contributed by atoms with Crippen LogP contribution in [0.1, 0.15) is 32.9 Å². The first-order valence-corrected chi connectivity index (χ1v) is 6.46. The molecule has 1 N–H and O–H groups in total. The van der Waals surface area contributed by atoms with Crippen LogP contribution in [0.3, 0.4) is 0 Å². The Bertz CT molecular complexity index is 374. The van der Waals surface area contributed by atoms with E-state index in [9.17, 15) is 4.79 Å². The maximum absolute atomic E-state index is 10.9. The Morgan fingerprint density at radius 1 is 1.56 bits per heavy atom. The van der Waals surface area contributed by atoms with Gasteiger partial charge in [-0.2, -0.15) is 0 Å². The molecule has 18 heavy (non-hydrogen) atoms. The first kappa shape index (κ1) is 14.7. The molecule has 0 aromatic carbocycles. The van der Waals surface area contributed by atoms with Crippen molar-refractivity contribution in [1.82, 2.24) is 14.5 Å². The smallest absolute Gasteiger partial charge is 0.317 e. The summed E-state index contributed by atoms with van der Waals surface area (Å²) in [6.45, 7) is 8.74. The van der Waals surface area contributed by atoms with Crippen molar-refractivity contribution in [3.63, 3.8) is 0 Å². The number of carboxylic acid groups (broad SMARTS) is 1. The molecule has 0 atom stereocenters. The Kier molecular flexibility index (Phi) is 5.85. The fraction of sp³-hybridized carbons (Fsp3) is 0.692. The molecule has 5 nitrogen and oxygen atoms in total. The molecule has 0 aliphatic heterocycles. The zero-order chi connectivity index (χ0) is 13.5. The molecule has 1 aromatic rings. The molecule has 0 saturated heterocycles. The summed E-state index contributed by atoms with van der Waals surface area (Å²) in [5.74, 6) is -0.330. The van der Waals surface area contributed by atoms with Crippen molar-refractivity contribution in [3.05, 3.63) is 18.2 Å². The average molecular weight is 253 g/mol. The normalized spacial score (nSPS) is 11.4. The Hall–Kier alpha value is -1.36. The number of hydrogen-bond acceptors (Lipinski definition) is 3. The Balaban J connectivity index is 2.68. The van der Waals surface area contributed by atoms with Crippen LogP contribution < -0.4 is 0 Å². The molecule has 0 unspecified atom stereocenters. The maximum Gasteiger partial charge on any atom is 0.317 e. The van der Waals surface area contributed by atoms with Crippen LogP contribution in [0, 0.1) is 5.92 Å². The monoisotopic (exact) mass is 253 g/mol. The summed E-state index contributed by atoms with van der Waals surface area (Å²) in [4.78, 5) is 17.0. The van der Waals surface area contributed by atoms with Gasteiger partial charge in [-0.25, -0.2) is 4.98 Å². The van der Waals surface area contributed by atoms with Crippen LogP contribution in [0.5, 0.6) is 0 Å². The van der Waals surface area contributed by atoms with E-state index in [-0.39, 0.29) is 6.54 Å². The van der Waals surface area contributed by atoms with Crippen molar-refractivity contribution in [2.24, 2.45) is 5.92 Å². The predicted molar refractivity (Wildman–Crippen MR) is 70.3 cm³/mol. The van der Waals surface area contributed by atoms with E-state index in [4.69, 9.17) is 5.11 Å². The van der Waals surface area contributed by atoms with E-state index >= 15 is 0 Å². The second-order valence-corrected chi connectivity index (χ2v) is 5.04. The molecule has 0 aliphatic rings. The van der Waals surface area contributed by atoms with E-state index in [0.717, 1.165) is 25.2 Å². The van der Waals surface area contributed by atoms with Crippen molar-refractivity contribution >= 4 is 5.97 Å². The molecule has 0 radical (unpaired) electrons. The highest BCUT2D eigenvalue weighted by Crippen LogP contribution is 2.08. The molecular weight excluding hydrogens is 230 g/mol. The van der Waals surface area contributed by atoms with Crippen LogP contribution in [0.4, 0.5) is 0 Å². The first-order valence-electron chi connectivity index (χ1n) is 6.46. The number of aryl methyl sites for hydroxylation is 1. The van der Waals surface area contributed by atoms with Crippen LogP contribution in [0.25, 0.3) is 0 Å². The summed E-state index contributed by atoms with van der Waals surface area (Å²) < 4.78 is 2.09. The predicted octanol–water partition coefficient (Wildman–Crippen LogP) is 1.84. The second-order valence-electron chi connectivity index (χ2n) is 5.04. The standard InChI is InChI=1S/C13H23N3O2/c1-4-5-16-10-14-6-12(16)8-15(7-11(2)3)9-13(17)18/h6,10-11H,4-5,7-9H2,1-3H3,(H,17,18). The molecule has 102 valence electrons. The number of carboxylic acids is 1. The molecule has 1 heterocycles. The number of imidazole rings is 1. The van der Waals surface area contributed by atoms with Crippen molar-refractivity contribution in [1.29, 1.82) is 0 Å². The molecule has 0 aliphatic carbocycles. The molecular formula is C13H23N3O2. The van der Waals surface area contributed by atoms with Crippen molar-refractivity contribution in [3.8, 4) is 0 Å². The van der Waals surface area contributed by atoms with Crippen LogP contribution in [0.2, 0.25) is 0 Å². The van der Waals surface area contributed by atoms with E-state index in [1.54, 1.807) is 0 Å². The van der Waals surface area contributed by atoms with Gasteiger partial charge in [0.15, 0.2) is 0 Å². The molecule has 1 aromatic heterocycles. The molecule has 0 bridgehead atoms. The van der Waals surface area contributed by atoms with E-state index in [1.165, 1.54) is 0 Å². The van der Waals surface area contributed by atoms with Gasteiger partial charge in [0, 0.05) is 25.8 Å². The van der Waals surface area contributed by atoms with Gasteiger partial charge in [-0.05, 0) is 12.3 Å². The van der Waals surface area contributed by atoms with E-state index in [0.29, 0.717) is 12.5 Å². The molecule has 0 fully saturated rings. The lowest BCUT2D eigenvalue weighted by Crippen LogP contribution is -2.33. The van der Waals surface area contributed by atoms with Crippen LogP contribution in [0.15, 0.2) is 12.5 Å². The molecule has 5 heteroatoms. The number of carbonyl (C=O) groups is 1. The Morgan fingerprint density at radius 2 is 2.28 bits per heavy atom. The third-order valence-corrected chi connectivity index (χ3v) is 2.63. The second kappa shape index (κ2) is 7.16. The lowest BCUT2D eigenvalue weighted by Gasteiger charge is -2.22. The van der Waals surface area contributed by atoms with Crippen LogP contribution >= 0.6 is 0 Å². The van der Waals surface area contributed by atoms with Gasteiger partial charge in [-0.1, -0.05) is 20.8 Å². The van der Waals surface area contributed by atoms with Gasteiger partial charge in [0.2, 0.25) is 0 Å². The highest BCUT2D eigenvalue weighted by atomic mass is 16.4. The van der Waals surface area contributed by atoms with E-state index in [2.05, 4.69) is 30.3 Å². The van der Waals surface area contributed by atoms with E-state index in [1.807, 2.05) is 17.4 Å². The minimum atomic E-state index is -0.780. The van der Waals surface area contributed by atoms with Gasteiger partial charge in [-0.3, -0.25) is 9.69 Å². The van der Waals surface area contributed by atoms with E-state index < -0.39 is 5.97 Å². The number of hydrogen-bond donors (Lipinski definition) is 1. The number of nitrogens with zero attached hydrogens (tertiary/aromatic N) is 3. The fourth-order valence-corrected chi connectivity index (χ4v) is 2.04. The largest absolute Gasteiger partial charge is 0.480 e. The molecule has 0 amide bonds. The summed E-state index contributed by atoms with van der Waals surface area (Å²) in [5.41, 5.74) is 1.08. The van der Waals surface area contributed by atoms with Gasteiger partial charge in [-0.15, -0.1) is 0 Å². The Labute approximate surface area is 108 Å². The average Bonchev–Trinajstić information content (AvgIpc) is 2.64. The third-order valence-electron chi connectivity index (χ3n) is 2.63. The molecule has 1 rings (SSSR count). The van der Waals surface area contributed by atoms with Gasteiger partial charge in [0.05, 0.1) is 18.6 Å². The van der Waals surface area contributed by atoms with Crippen molar-refractivity contribution < 1.29 is 9.90 Å². The van der Waals surface area contributed by atoms with Gasteiger partial charge < -0.3 is 9.67 Å². The highest BCUT2D eigenvalue weighted by Gasteiger charge is 2.14. The minimum absolute atomic E-state index is 0.0789. The van der Waals surface area contributed by atoms with Crippen LogP contribution in [-0.4, -0.2) is 38.6 Å².